The molecule has 26 heavy (non-hydrogen) atoms. The first-order valence-electron chi connectivity index (χ1n) is 10.1. The fraction of sp³-hybridized carbons (Fsp3) is 0.842. The van der Waals surface area contributed by atoms with Crippen LogP contribution >= 0.6 is 0 Å². The summed E-state index contributed by atoms with van der Waals surface area (Å²) in [7, 11) is 0. The van der Waals surface area contributed by atoms with Crippen molar-refractivity contribution in [1.29, 1.82) is 0 Å². The molecule has 4 unspecified atom stereocenters. The van der Waals surface area contributed by atoms with E-state index in [1.165, 1.54) is 4.90 Å². The summed E-state index contributed by atoms with van der Waals surface area (Å²) in [6.45, 7) is 3.96. The second kappa shape index (κ2) is 6.30. The molecule has 5 aliphatic heterocycles. The van der Waals surface area contributed by atoms with Crippen LogP contribution in [-0.4, -0.2) is 72.5 Å². The molecule has 3 amide bonds. The van der Waals surface area contributed by atoms with Gasteiger partial charge in [0.15, 0.2) is 0 Å². The van der Waals surface area contributed by atoms with Crippen LogP contribution in [-0.2, 0) is 19.1 Å². The van der Waals surface area contributed by atoms with Crippen molar-refractivity contribution in [2.45, 2.75) is 44.3 Å². The first kappa shape index (κ1) is 16.7. The van der Waals surface area contributed by atoms with Crippen LogP contribution in [0, 0.1) is 23.7 Å². The predicted molar refractivity (Wildman–Crippen MR) is 91.9 cm³/mol. The Hall–Kier alpha value is -1.47. The van der Waals surface area contributed by atoms with Crippen molar-refractivity contribution in [1.82, 2.24) is 15.1 Å². The van der Waals surface area contributed by atoms with E-state index >= 15 is 0 Å². The Kier molecular flexibility index (Phi) is 4.05. The average Bonchev–Trinajstić information content (AvgIpc) is 3.38. The summed E-state index contributed by atoms with van der Waals surface area (Å²) in [6, 6.07) is 0. The molecule has 142 valence electrons. The van der Waals surface area contributed by atoms with Crippen molar-refractivity contribution in [3.8, 4) is 0 Å². The number of rotatable bonds is 3. The minimum Gasteiger partial charge on any atom is -0.373 e. The van der Waals surface area contributed by atoms with Crippen LogP contribution in [0.3, 0.4) is 0 Å². The number of hydrogen-bond acceptors (Lipinski definition) is 5. The summed E-state index contributed by atoms with van der Waals surface area (Å²) in [5, 5.41) is 3.44. The van der Waals surface area contributed by atoms with E-state index in [2.05, 4.69) is 5.32 Å². The maximum Gasteiger partial charge on any atom is 0.235 e. The normalized spacial score (nSPS) is 41.5. The number of nitrogens with one attached hydrogen (secondary N) is 1. The lowest BCUT2D eigenvalue weighted by molar-refractivity contribution is -0.143. The number of hydrogen-bond donors (Lipinski definition) is 1. The Morgan fingerprint density at radius 2 is 1.54 bits per heavy atom. The van der Waals surface area contributed by atoms with Crippen LogP contribution in [0.15, 0.2) is 0 Å². The number of nitrogens with zero attached hydrogens (tertiary/aromatic N) is 2. The Balaban J connectivity index is 1.18. The van der Waals surface area contributed by atoms with E-state index in [0.29, 0.717) is 11.8 Å². The van der Waals surface area contributed by atoms with Gasteiger partial charge in [0.1, 0.15) is 0 Å². The lowest BCUT2D eigenvalue weighted by atomic mass is 9.81. The van der Waals surface area contributed by atoms with Gasteiger partial charge < -0.3 is 15.0 Å². The maximum absolute atomic E-state index is 12.7. The molecule has 0 saturated carbocycles. The molecular weight excluding hydrogens is 334 g/mol. The molecule has 5 fully saturated rings. The van der Waals surface area contributed by atoms with E-state index in [1.54, 1.807) is 0 Å². The van der Waals surface area contributed by atoms with Gasteiger partial charge in [0.25, 0.3) is 0 Å². The highest BCUT2D eigenvalue weighted by Gasteiger charge is 2.62. The molecule has 6 atom stereocenters. The van der Waals surface area contributed by atoms with Gasteiger partial charge in [-0.25, -0.2) is 0 Å². The Morgan fingerprint density at radius 1 is 0.962 bits per heavy atom. The van der Waals surface area contributed by atoms with Crippen LogP contribution in [0.25, 0.3) is 0 Å². The maximum atomic E-state index is 12.7. The minimum absolute atomic E-state index is 0.0785. The molecule has 0 aromatic rings. The molecule has 0 aromatic heterocycles. The van der Waals surface area contributed by atoms with E-state index < -0.39 is 0 Å². The van der Waals surface area contributed by atoms with Crippen molar-refractivity contribution in [3.63, 3.8) is 0 Å². The van der Waals surface area contributed by atoms with Crippen LogP contribution in [0.4, 0.5) is 0 Å². The van der Waals surface area contributed by atoms with Gasteiger partial charge in [-0.15, -0.1) is 0 Å². The molecule has 0 spiro atoms. The van der Waals surface area contributed by atoms with Gasteiger partial charge in [0.2, 0.25) is 17.7 Å². The van der Waals surface area contributed by atoms with Crippen LogP contribution in [0.2, 0.25) is 0 Å². The van der Waals surface area contributed by atoms with E-state index in [9.17, 15) is 14.4 Å². The summed E-state index contributed by atoms with van der Waals surface area (Å²) in [4.78, 5) is 41.3. The van der Waals surface area contributed by atoms with E-state index in [-0.39, 0.29) is 54.7 Å². The fourth-order valence-corrected chi connectivity index (χ4v) is 5.83. The second-order valence-corrected chi connectivity index (χ2v) is 8.56. The summed E-state index contributed by atoms with van der Waals surface area (Å²) in [6.07, 6.45) is 3.94. The number of carbonyl (C=O) groups excluding carboxylic acids is 3. The second-order valence-electron chi connectivity index (χ2n) is 8.56. The predicted octanol–water partition coefficient (Wildman–Crippen LogP) is -0.00310. The zero-order valence-electron chi connectivity index (χ0n) is 15.1. The van der Waals surface area contributed by atoms with Gasteiger partial charge in [-0.05, 0) is 50.6 Å². The smallest absolute Gasteiger partial charge is 0.235 e. The van der Waals surface area contributed by atoms with E-state index in [4.69, 9.17) is 4.74 Å². The molecule has 5 saturated heterocycles. The highest BCUT2D eigenvalue weighted by atomic mass is 16.5. The van der Waals surface area contributed by atoms with Crippen molar-refractivity contribution >= 4 is 17.7 Å². The van der Waals surface area contributed by atoms with Crippen LogP contribution in [0.1, 0.15) is 32.1 Å². The standard InChI is InChI=1S/C19H27N3O4/c23-15(21-6-3-11-9-20-10-12(11)4-7-21)5-8-22-18(24)16-13-1-2-14(26-13)17(16)19(22)25/h11-14,16-17,20H,1-10H2/t11-,12+,13?,14?,16?,17?. The third kappa shape index (κ3) is 2.51. The first-order valence-corrected chi connectivity index (χ1v) is 10.1. The molecule has 5 heterocycles. The molecule has 5 aliphatic rings. The molecule has 2 bridgehead atoms. The van der Waals surface area contributed by atoms with Crippen molar-refractivity contribution in [2.75, 3.05) is 32.7 Å². The molecule has 0 aliphatic carbocycles. The Labute approximate surface area is 153 Å². The minimum atomic E-state index is -0.290. The summed E-state index contributed by atoms with van der Waals surface area (Å²) < 4.78 is 5.75. The quantitative estimate of drug-likeness (QED) is 0.716. The monoisotopic (exact) mass is 361 g/mol. The zero-order chi connectivity index (χ0) is 17.8. The third-order valence-electron chi connectivity index (χ3n) is 7.30. The third-order valence-corrected chi connectivity index (χ3v) is 7.30. The van der Waals surface area contributed by atoms with E-state index in [1.807, 2.05) is 4.90 Å². The number of ether oxygens (including phenoxy) is 1. The zero-order valence-corrected chi connectivity index (χ0v) is 15.1. The molecule has 7 heteroatoms. The fourth-order valence-electron chi connectivity index (χ4n) is 5.83. The van der Waals surface area contributed by atoms with Crippen LogP contribution < -0.4 is 5.32 Å². The van der Waals surface area contributed by atoms with Crippen molar-refractivity contribution < 1.29 is 19.1 Å². The SMILES string of the molecule is O=C(CCN1C(=O)C2C3CCC(O3)C2C1=O)N1CC[C@@H]2CNC[C@@H]2CC1. The van der Waals surface area contributed by atoms with E-state index in [0.717, 1.165) is 51.9 Å². The number of fused-ring (bicyclic) bond motifs is 6. The highest BCUT2D eigenvalue weighted by Crippen LogP contribution is 2.48. The van der Waals surface area contributed by atoms with Crippen molar-refractivity contribution in [2.24, 2.45) is 23.7 Å². The van der Waals surface area contributed by atoms with Gasteiger partial charge in [-0.3, -0.25) is 19.3 Å². The summed E-state index contributed by atoms with van der Waals surface area (Å²) >= 11 is 0. The lowest BCUT2D eigenvalue weighted by Gasteiger charge is -2.23. The number of carbonyl (C=O) groups is 3. The molecule has 7 nitrogen and oxygen atoms in total. The molecule has 0 aromatic carbocycles. The topological polar surface area (TPSA) is 79.0 Å². The van der Waals surface area contributed by atoms with Gasteiger partial charge in [-0.1, -0.05) is 0 Å². The van der Waals surface area contributed by atoms with Gasteiger partial charge in [0.05, 0.1) is 24.0 Å². The molecule has 1 N–H and O–H groups in total. The van der Waals surface area contributed by atoms with Gasteiger partial charge >= 0.3 is 0 Å². The Morgan fingerprint density at radius 3 is 2.12 bits per heavy atom. The first-order chi connectivity index (χ1) is 12.6. The average molecular weight is 361 g/mol. The number of amides is 3. The molecule has 0 radical (unpaired) electrons. The van der Waals surface area contributed by atoms with Gasteiger partial charge in [-0.2, -0.15) is 0 Å². The lowest BCUT2D eigenvalue weighted by Crippen LogP contribution is -2.39. The highest BCUT2D eigenvalue weighted by molar-refractivity contribution is 6.06. The molecule has 5 rings (SSSR count). The largest absolute Gasteiger partial charge is 0.373 e. The number of imide groups is 1. The van der Waals surface area contributed by atoms with Gasteiger partial charge in [0, 0.05) is 26.1 Å². The van der Waals surface area contributed by atoms with Crippen LogP contribution in [0.5, 0.6) is 0 Å². The summed E-state index contributed by atoms with van der Waals surface area (Å²) in [5.41, 5.74) is 0. The number of likely N-dealkylation sites (tertiary alicyclic amines) is 2. The summed E-state index contributed by atoms with van der Waals surface area (Å²) in [5.74, 6) is 0.638. The van der Waals surface area contributed by atoms with Crippen molar-refractivity contribution in [3.05, 3.63) is 0 Å². The Bertz CT molecular complexity index is 596. The molecular formula is C19H27N3O4.